The van der Waals surface area contributed by atoms with E-state index in [1.165, 1.54) is 0 Å². The fourth-order valence-corrected chi connectivity index (χ4v) is 2.68. The Morgan fingerprint density at radius 1 is 1.13 bits per heavy atom. The molecule has 1 N–H and O–H groups in total. The zero-order valence-corrected chi connectivity index (χ0v) is 17.9. The van der Waals surface area contributed by atoms with Crippen molar-refractivity contribution in [2.24, 2.45) is 0 Å². The summed E-state index contributed by atoms with van der Waals surface area (Å²) < 4.78 is 23.1. The van der Waals surface area contributed by atoms with Gasteiger partial charge in [0.15, 0.2) is 11.5 Å². The minimum Gasteiger partial charge on any atom is -0.497 e. The standard InChI is InChI=1S/C22H25N3O6/c1-5-25-12-18(20(24-25)22(27)30-14(2)3)23-21(26)19-11-10-17(31-19)13-29-16-8-6-15(28-4)7-9-16/h6-12,14H,5,13H2,1-4H3,(H,23,26). The van der Waals surface area contributed by atoms with Crippen molar-refractivity contribution in [3.05, 3.63) is 59.8 Å². The number of aromatic nitrogens is 2. The van der Waals surface area contributed by atoms with E-state index in [-0.39, 0.29) is 29.9 Å². The Morgan fingerprint density at radius 3 is 2.48 bits per heavy atom. The molecule has 2 aromatic heterocycles. The fraction of sp³-hybridized carbons (Fsp3) is 0.318. The van der Waals surface area contributed by atoms with Crippen LogP contribution in [0.3, 0.4) is 0 Å². The molecule has 0 bridgehead atoms. The van der Waals surface area contributed by atoms with Crippen LogP contribution in [0.5, 0.6) is 11.5 Å². The molecule has 1 amide bonds. The minimum atomic E-state index is -0.606. The second kappa shape index (κ2) is 9.84. The highest BCUT2D eigenvalue weighted by Crippen LogP contribution is 2.20. The van der Waals surface area contributed by atoms with Gasteiger partial charge < -0.3 is 23.9 Å². The molecule has 3 aromatic rings. The first-order chi connectivity index (χ1) is 14.9. The summed E-state index contributed by atoms with van der Waals surface area (Å²) in [6, 6.07) is 10.3. The van der Waals surface area contributed by atoms with Crippen LogP contribution in [0.25, 0.3) is 0 Å². The third-order valence-corrected chi connectivity index (χ3v) is 4.20. The Bertz CT molecular complexity index is 1040. The van der Waals surface area contributed by atoms with Gasteiger partial charge >= 0.3 is 5.97 Å². The number of anilines is 1. The zero-order valence-electron chi connectivity index (χ0n) is 17.9. The molecule has 0 atom stereocenters. The first kappa shape index (κ1) is 21.9. The molecule has 9 nitrogen and oxygen atoms in total. The zero-order chi connectivity index (χ0) is 22.4. The molecule has 9 heteroatoms. The summed E-state index contributed by atoms with van der Waals surface area (Å²) in [6.07, 6.45) is 1.27. The van der Waals surface area contributed by atoms with Crippen LogP contribution in [0.15, 0.2) is 47.0 Å². The number of aryl methyl sites for hydroxylation is 1. The van der Waals surface area contributed by atoms with Crippen LogP contribution in [-0.2, 0) is 17.9 Å². The van der Waals surface area contributed by atoms with Gasteiger partial charge in [-0.15, -0.1) is 0 Å². The van der Waals surface area contributed by atoms with E-state index in [4.69, 9.17) is 18.6 Å². The summed E-state index contributed by atoms with van der Waals surface area (Å²) in [4.78, 5) is 24.9. The average Bonchev–Trinajstić information content (AvgIpc) is 3.39. The van der Waals surface area contributed by atoms with Gasteiger partial charge in [0.1, 0.15) is 23.9 Å². The summed E-state index contributed by atoms with van der Waals surface area (Å²) in [5, 5.41) is 6.84. The van der Waals surface area contributed by atoms with Gasteiger partial charge in [-0.3, -0.25) is 9.48 Å². The largest absolute Gasteiger partial charge is 0.497 e. The number of benzene rings is 1. The second-order valence-corrected chi connectivity index (χ2v) is 6.89. The first-order valence-corrected chi connectivity index (χ1v) is 9.85. The molecular weight excluding hydrogens is 402 g/mol. The van der Waals surface area contributed by atoms with E-state index >= 15 is 0 Å². The number of ether oxygens (including phenoxy) is 3. The number of esters is 1. The normalized spacial score (nSPS) is 10.7. The lowest BCUT2D eigenvalue weighted by molar-refractivity contribution is 0.0371. The predicted octanol–water partition coefficient (Wildman–Crippen LogP) is 3.90. The Kier molecular flexibility index (Phi) is 6.96. The summed E-state index contributed by atoms with van der Waals surface area (Å²) >= 11 is 0. The molecule has 164 valence electrons. The van der Waals surface area contributed by atoms with Crippen LogP contribution in [0.1, 0.15) is 47.6 Å². The lowest BCUT2D eigenvalue weighted by Crippen LogP contribution is -2.17. The van der Waals surface area contributed by atoms with E-state index in [0.717, 1.165) is 5.75 Å². The number of furan rings is 1. The summed E-state index contributed by atoms with van der Waals surface area (Å²) in [5.74, 6) is 0.816. The summed E-state index contributed by atoms with van der Waals surface area (Å²) in [6.45, 7) is 6.04. The Labute approximate surface area is 179 Å². The highest BCUT2D eigenvalue weighted by molar-refractivity contribution is 6.06. The second-order valence-electron chi connectivity index (χ2n) is 6.89. The summed E-state index contributed by atoms with van der Waals surface area (Å²) in [7, 11) is 1.59. The molecule has 0 aliphatic heterocycles. The Balaban J connectivity index is 1.65. The average molecular weight is 427 g/mol. The molecule has 0 saturated heterocycles. The van der Waals surface area contributed by atoms with Crippen molar-refractivity contribution in [1.82, 2.24) is 9.78 Å². The number of amides is 1. The van der Waals surface area contributed by atoms with E-state index in [9.17, 15) is 9.59 Å². The van der Waals surface area contributed by atoms with Crippen LogP contribution in [-0.4, -0.2) is 34.9 Å². The maximum atomic E-state index is 12.6. The van der Waals surface area contributed by atoms with Crippen molar-refractivity contribution >= 4 is 17.6 Å². The highest BCUT2D eigenvalue weighted by atomic mass is 16.5. The quantitative estimate of drug-likeness (QED) is 0.516. The maximum absolute atomic E-state index is 12.6. The van der Waals surface area contributed by atoms with Crippen molar-refractivity contribution in [2.45, 2.75) is 40.0 Å². The number of carbonyl (C=O) groups excluding carboxylic acids is 2. The first-order valence-electron chi connectivity index (χ1n) is 9.85. The number of methoxy groups -OCH3 is 1. The van der Waals surface area contributed by atoms with Crippen molar-refractivity contribution in [3.8, 4) is 11.5 Å². The van der Waals surface area contributed by atoms with E-state index in [1.807, 2.05) is 6.92 Å². The lowest BCUT2D eigenvalue weighted by Gasteiger charge is -2.07. The van der Waals surface area contributed by atoms with Crippen molar-refractivity contribution in [2.75, 3.05) is 12.4 Å². The van der Waals surface area contributed by atoms with Crippen molar-refractivity contribution < 1.29 is 28.2 Å². The van der Waals surface area contributed by atoms with Gasteiger partial charge in [-0.05, 0) is 57.2 Å². The number of nitrogens with one attached hydrogen (secondary N) is 1. The van der Waals surface area contributed by atoms with Gasteiger partial charge in [-0.2, -0.15) is 5.10 Å². The van der Waals surface area contributed by atoms with Crippen LogP contribution < -0.4 is 14.8 Å². The summed E-state index contributed by atoms with van der Waals surface area (Å²) in [5.41, 5.74) is 0.295. The molecule has 31 heavy (non-hydrogen) atoms. The van der Waals surface area contributed by atoms with Gasteiger partial charge in [0.05, 0.1) is 18.9 Å². The van der Waals surface area contributed by atoms with Gasteiger partial charge in [0, 0.05) is 12.7 Å². The fourth-order valence-electron chi connectivity index (χ4n) is 2.68. The molecule has 1 aromatic carbocycles. The Hall–Kier alpha value is -3.75. The van der Waals surface area contributed by atoms with Crippen molar-refractivity contribution in [1.29, 1.82) is 0 Å². The van der Waals surface area contributed by atoms with Crippen molar-refractivity contribution in [3.63, 3.8) is 0 Å². The van der Waals surface area contributed by atoms with E-state index in [0.29, 0.717) is 18.1 Å². The number of hydrogen-bond acceptors (Lipinski definition) is 7. The lowest BCUT2D eigenvalue weighted by atomic mass is 10.3. The van der Waals surface area contributed by atoms with Gasteiger partial charge in [-0.1, -0.05) is 0 Å². The van der Waals surface area contributed by atoms with Crippen LogP contribution in [0.4, 0.5) is 5.69 Å². The van der Waals surface area contributed by atoms with E-state index in [1.54, 1.807) is 68.2 Å². The SMILES string of the molecule is CCn1cc(NC(=O)c2ccc(COc3ccc(OC)cc3)o2)c(C(=O)OC(C)C)n1. The molecule has 3 rings (SSSR count). The molecule has 0 spiro atoms. The smallest absolute Gasteiger partial charge is 0.361 e. The third kappa shape index (κ3) is 5.65. The highest BCUT2D eigenvalue weighted by Gasteiger charge is 2.22. The molecule has 0 unspecified atom stereocenters. The Morgan fingerprint density at radius 2 is 1.84 bits per heavy atom. The molecule has 0 saturated carbocycles. The molecule has 0 aliphatic rings. The number of carbonyl (C=O) groups is 2. The van der Waals surface area contributed by atoms with Crippen LogP contribution in [0.2, 0.25) is 0 Å². The third-order valence-electron chi connectivity index (χ3n) is 4.20. The molecule has 0 fully saturated rings. The topological polar surface area (TPSA) is 105 Å². The van der Waals surface area contributed by atoms with Crippen LogP contribution in [0, 0.1) is 0 Å². The maximum Gasteiger partial charge on any atom is 0.361 e. The van der Waals surface area contributed by atoms with E-state index < -0.39 is 11.9 Å². The van der Waals surface area contributed by atoms with Crippen LogP contribution >= 0.6 is 0 Å². The van der Waals surface area contributed by atoms with Gasteiger partial charge in [0.25, 0.3) is 5.91 Å². The van der Waals surface area contributed by atoms with E-state index in [2.05, 4.69) is 10.4 Å². The molecule has 0 radical (unpaired) electrons. The minimum absolute atomic E-state index is 0.0403. The monoisotopic (exact) mass is 427 g/mol. The number of hydrogen-bond donors (Lipinski definition) is 1. The molecule has 0 aliphatic carbocycles. The number of nitrogens with zero attached hydrogens (tertiary/aromatic N) is 2. The number of rotatable bonds is 9. The molecular formula is C22H25N3O6. The predicted molar refractivity (Wildman–Crippen MR) is 112 cm³/mol. The van der Waals surface area contributed by atoms with Gasteiger partial charge in [-0.25, -0.2) is 4.79 Å². The van der Waals surface area contributed by atoms with Gasteiger partial charge in [0.2, 0.25) is 0 Å². The molecule has 2 heterocycles.